The van der Waals surface area contributed by atoms with Gasteiger partial charge in [-0.2, -0.15) is 0 Å². The molecule has 0 saturated carbocycles. The normalized spacial score (nSPS) is 21.0. The first-order chi connectivity index (χ1) is 12.0. The fraction of sp³-hybridized carbons (Fsp3) is 0.765. The zero-order valence-corrected chi connectivity index (χ0v) is 16.4. The van der Waals surface area contributed by atoms with Crippen LogP contribution in [0.1, 0.15) is 43.6 Å². The number of piperazine rings is 1. The number of rotatable bonds is 5. The summed E-state index contributed by atoms with van der Waals surface area (Å²) in [5.74, 6) is 0.635. The Morgan fingerprint density at radius 3 is 2.92 bits per heavy atom. The summed E-state index contributed by atoms with van der Waals surface area (Å²) < 4.78 is 1.74. The maximum atomic E-state index is 12.8. The van der Waals surface area contributed by atoms with Crippen LogP contribution in [0.25, 0.3) is 0 Å². The average Bonchev–Trinajstić information content (AvgIpc) is 3.09. The number of carbonyl (C=O) groups excluding carboxylic acids is 2. The van der Waals surface area contributed by atoms with Crippen molar-refractivity contribution in [2.75, 3.05) is 32.7 Å². The lowest BCUT2D eigenvalue weighted by atomic mass is 10.0. The molecule has 1 unspecified atom stereocenters. The number of aryl methyl sites for hydroxylation is 1. The van der Waals surface area contributed by atoms with E-state index in [1.54, 1.807) is 10.9 Å². The quantitative estimate of drug-likeness (QED) is 0.811. The Bertz CT molecular complexity index is 620. The highest BCUT2D eigenvalue weighted by Crippen LogP contribution is 2.18. The number of halogens is 1. The van der Waals surface area contributed by atoms with E-state index in [-0.39, 0.29) is 30.3 Å². The number of amides is 2. The molecular formula is C17H29ClN6O2. The van der Waals surface area contributed by atoms with E-state index in [0.717, 1.165) is 38.9 Å². The number of carbonyl (C=O) groups is 2. The second-order valence-electron chi connectivity index (χ2n) is 7.36. The maximum Gasteiger partial charge on any atom is 0.276 e. The summed E-state index contributed by atoms with van der Waals surface area (Å²) in [6.07, 6.45) is 4.61. The van der Waals surface area contributed by atoms with Crippen LogP contribution < -0.4 is 5.32 Å². The Hall–Kier alpha value is -1.67. The van der Waals surface area contributed by atoms with Gasteiger partial charge in [0.2, 0.25) is 5.91 Å². The van der Waals surface area contributed by atoms with Gasteiger partial charge < -0.3 is 15.1 Å². The summed E-state index contributed by atoms with van der Waals surface area (Å²) in [5, 5.41) is 11.2. The van der Waals surface area contributed by atoms with Crippen molar-refractivity contribution in [1.82, 2.24) is 30.1 Å². The lowest BCUT2D eigenvalue weighted by Gasteiger charge is -2.40. The number of piperidine rings is 1. The highest BCUT2D eigenvalue weighted by atomic mass is 35.5. The van der Waals surface area contributed by atoms with Gasteiger partial charge in [-0.1, -0.05) is 19.1 Å². The number of hydrogen-bond acceptors (Lipinski definition) is 5. The molecule has 1 aromatic heterocycles. The highest BCUT2D eigenvalue weighted by Gasteiger charge is 2.32. The van der Waals surface area contributed by atoms with E-state index in [0.29, 0.717) is 31.2 Å². The van der Waals surface area contributed by atoms with Crippen molar-refractivity contribution in [3.8, 4) is 0 Å². The van der Waals surface area contributed by atoms with Crippen LogP contribution in [0.4, 0.5) is 0 Å². The molecule has 0 aromatic carbocycles. The summed E-state index contributed by atoms with van der Waals surface area (Å²) >= 11 is 0. The predicted octanol–water partition coefficient (Wildman–Crippen LogP) is 0.782. The molecule has 1 aromatic rings. The number of nitrogens with zero attached hydrogens (tertiary/aromatic N) is 5. The molecule has 0 aliphatic carbocycles. The summed E-state index contributed by atoms with van der Waals surface area (Å²) in [6, 6.07) is 0.114. The lowest BCUT2D eigenvalue weighted by Crippen LogP contribution is -2.57. The molecule has 26 heavy (non-hydrogen) atoms. The van der Waals surface area contributed by atoms with Gasteiger partial charge in [0.05, 0.1) is 12.7 Å². The second kappa shape index (κ2) is 9.32. The average molecular weight is 385 g/mol. The van der Waals surface area contributed by atoms with Gasteiger partial charge in [0.15, 0.2) is 5.69 Å². The molecule has 2 fully saturated rings. The molecule has 0 bridgehead atoms. The van der Waals surface area contributed by atoms with Gasteiger partial charge >= 0.3 is 0 Å². The van der Waals surface area contributed by atoms with Crippen LogP contribution in [-0.2, 0) is 11.3 Å². The van der Waals surface area contributed by atoms with Crippen LogP contribution >= 0.6 is 12.4 Å². The zero-order chi connectivity index (χ0) is 17.8. The third-order valence-corrected chi connectivity index (χ3v) is 4.94. The van der Waals surface area contributed by atoms with E-state index < -0.39 is 0 Å². The number of likely N-dealkylation sites (tertiary alicyclic amines) is 1. The second-order valence-corrected chi connectivity index (χ2v) is 7.36. The standard InChI is InChI=1S/C17H28N6O2.ClH/c1-13(2)5-8-22-12-15(19-20-22)17(25)21-7-3-4-14(11-21)23-9-6-18-10-16(23)24;/h12-14,18H,3-11H2,1-2H3;1H. The van der Waals surface area contributed by atoms with Crippen molar-refractivity contribution in [3.63, 3.8) is 0 Å². The molecular weight excluding hydrogens is 356 g/mol. The summed E-state index contributed by atoms with van der Waals surface area (Å²) in [6.45, 7) is 8.34. The van der Waals surface area contributed by atoms with Gasteiger partial charge in [-0.3, -0.25) is 14.3 Å². The zero-order valence-electron chi connectivity index (χ0n) is 15.6. The van der Waals surface area contributed by atoms with Crippen molar-refractivity contribution < 1.29 is 9.59 Å². The molecule has 1 atom stereocenters. The van der Waals surface area contributed by atoms with E-state index in [2.05, 4.69) is 29.5 Å². The molecule has 0 radical (unpaired) electrons. The van der Waals surface area contributed by atoms with Gasteiger partial charge in [-0.05, 0) is 25.2 Å². The Balaban J connectivity index is 0.00000243. The van der Waals surface area contributed by atoms with Crippen molar-refractivity contribution >= 4 is 24.2 Å². The van der Waals surface area contributed by atoms with E-state index in [1.807, 2.05) is 9.80 Å². The smallest absolute Gasteiger partial charge is 0.276 e. The van der Waals surface area contributed by atoms with E-state index in [9.17, 15) is 9.59 Å². The highest BCUT2D eigenvalue weighted by molar-refractivity contribution is 5.92. The monoisotopic (exact) mass is 384 g/mol. The summed E-state index contributed by atoms with van der Waals surface area (Å²) in [4.78, 5) is 28.6. The van der Waals surface area contributed by atoms with Crippen LogP contribution in [0.2, 0.25) is 0 Å². The fourth-order valence-corrected chi connectivity index (χ4v) is 3.46. The Kier molecular flexibility index (Phi) is 7.40. The molecule has 3 rings (SSSR count). The van der Waals surface area contributed by atoms with Crippen molar-refractivity contribution in [2.45, 2.75) is 45.7 Å². The first kappa shape index (κ1) is 20.6. The Morgan fingerprint density at radius 1 is 1.38 bits per heavy atom. The van der Waals surface area contributed by atoms with Crippen molar-refractivity contribution in [3.05, 3.63) is 11.9 Å². The SMILES string of the molecule is CC(C)CCn1cc(C(=O)N2CCCC(N3CCNCC3=O)C2)nn1.Cl. The molecule has 3 heterocycles. The van der Waals surface area contributed by atoms with Crippen molar-refractivity contribution in [2.24, 2.45) is 5.92 Å². The third-order valence-electron chi connectivity index (χ3n) is 4.94. The number of hydrogen-bond donors (Lipinski definition) is 1. The Labute approximate surface area is 160 Å². The molecule has 2 aliphatic rings. The first-order valence-corrected chi connectivity index (χ1v) is 9.24. The number of nitrogens with one attached hydrogen (secondary N) is 1. The van der Waals surface area contributed by atoms with E-state index in [4.69, 9.17) is 0 Å². The predicted molar refractivity (Wildman–Crippen MR) is 100 cm³/mol. The van der Waals surface area contributed by atoms with Gasteiger partial charge in [-0.25, -0.2) is 0 Å². The van der Waals surface area contributed by atoms with E-state index in [1.165, 1.54) is 0 Å². The third kappa shape index (κ3) is 4.94. The molecule has 9 heteroatoms. The number of aromatic nitrogens is 3. The molecule has 0 spiro atoms. The van der Waals surface area contributed by atoms with Gasteiger partial charge in [0, 0.05) is 38.8 Å². The Morgan fingerprint density at radius 2 is 2.19 bits per heavy atom. The summed E-state index contributed by atoms with van der Waals surface area (Å²) in [7, 11) is 0. The molecule has 2 aliphatic heterocycles. The van der Waals surface area contributed by atoms with Gasteiger partial charge in [0.25, 0.3) is 5.91 Å². The van der Waals surface area contributed by atoms with E-state index >= 15 is 0 Å². The lowest BCUT2D eigenvalue weighted by molar-refractivity contribution is -0.135. The molecule has 8 nitrogen and oxygen atoms in total. The minimum absolute atomic E-state index is 0. The molecule has 2 amide bonds. The molecule has 146 valence electrons. The minimum atomic E-state index is -0.0805. The topological polar surface area (TPSA) is 83.4 Å². The van der Waals surface area contributed by atoms with Gasteiger partial charge in [-0.15, -0.1) is 17.5 Å². The fourth-order valence-electron chi connectivity index (χ4n) is 3.46. The largest absolute Gasteiger partial charge is 0.336 e. The minimum Gasteiger partial charge on any atom is -0.336 e. The van der Waals surface area contributed by atoms with Gasteiger partial charge in [0.1, 0.15) is 0 Å². The molecule has 1 N–H and O–H groups in total. The van der Waals surface area contributed by atoms with Crippen LogP contribution in [-0.4, -0.2) is 75.4 Å². The first-order valence-electron chi connectivity index (χ1n) is 9.24. The molecule has 2 saturated heterocycles. The van der Waals surface area contributed by atoms with Crippen LogP contribution in [0.15, 0.2) is 6.20 Å². The maximum absolute atomic E-state index is 12.8. The van der Waals surface area contributed by atoms with Crippen LogP contribution in [0, 0.1) is 5.92 Å². The summed E-state index contributed by atoms with van der Waals surface area (Å²) in [5.41, 5.74) is 0.399. The van der Waals surface area contributed by atoms with Crippen LogP contribution in [0.3, 0.4) is 0 Å². The van der Waals surface area contributed by atoms with Crippen LogP contribution in [0.5, 0.6) is 0 Å². The van der Waals surface area contributed by atoms with Crippen molar-refractivity contribution in [1.29, 1.82) is 0 Å².